The molecule has 0 bridgehead atoms. The fourth-order valence-corrected chi connectivity index (χ4v) is 4.49. The lowest BCUT2D eigenvalue weighted by atomic mass is 9.93. The number of nitrogens with zero attached hydrogens (tertiary/aromatic N) is 2. The number of nitrogens with one attached hydrogen (secondary N) is 1. The predicted octanol–water partition coefficient (Wildman–Crippen LogP) is 5.94. The van der Waals surface area contributed by atoms with Crippen LogP contribution in [0.3, 0.4) is 0 Å². The first kappa shape index (κ1) is 24.5. The molecule has 1 aliphatic rings. The van der Waals surface area contributed by atoms with Crippen LogP contribution in [0.25, 0.3) is 0 Å². The fourth-order valence-electron chi connectivity index (χ4n) is 4.49. The summed E-state index contributed by atoms with van der Waals surface area (Å²) in [5.41, 5.74) is 5.82. The van der Waals surface area contributed by atoms with Crippen LogP contribution in [0.4, 0.5) is 11.4 Å². The van der Waals surface area contributed by atoms with Crippen LogP contribution in [-0.2, 0) is 17.9 Å². The second kappa shape index (κ2) is 11.2. The molecule has 182 valence electrons. The minimum absolute atomic E-state index is 0.0768. The number of benzene rings is 3. The maximum absolute atomic E-state index is 12.9. The van der Waals surface area contributed by atoms with Gasteiger partial charge in [-0.2, -0.15) is 0 Å². The van der Waals surface area contributed by atoms with Gasteiger partial charge in [-0.15, -0.1) is 0 Å². The zero-order chi connectivity index (χ0) is 24.8. The third-order valence-corrected chi connectivity index (χ3v) is 6.39. The summed E-state index contributed by atoms with van der Waals surface area (Å²) < 4.78 is 10.8. The maximum Gasteiger partial charge on any atom is 0.237 e. The van der Waals surface area contributed by atoms with Crippen molar-refractivity contribution in [1.29, 1.82) is 0 Å². The number of fused-ring (bicyclic) bond motifs is 1. The SMILES string of the molecule is CCC(=Nc1ccc(CN(CC)Cc2ccccc2)cc1)C1C(=O)Nc2cc(OC)c(OC)cc21. The maximum atomic E-state index is 12.9. The molecule has 0 fully saturated rings. The van der Waals surface area contributed by atoms with Crippen LogP contribution < -0.4 is 14.8 Å². The number of hydrogen-bond acceptors (Lipinski definition) is 5. The van der Waals surface area contributed by atoms with Crippen LogP contribution in [-0.4, -0.2) is 37.3 Å². The predicted molar refractivity (Wildman–Crippen MR) is 141 cm³/mol. The van der Waals surface area contributed by atoms with Crippen LogP contribution in [0.5, 0.6) is 11.5 Å². The number of hydrogen-bond donors (Lipinski definition) is 1. The van der Waals surface area contributed by atoms with Crippen molar-refractivity contribution in [3.8, 4) is 11.5 Å². The van der Waals surface area contributed by atoms with Gasteiger partial charge in [0.25, 0.3) is 0 Å². The molecule has 1 amide bonds. The Kier molecular flexibility index (Phi) is 7.83. The molecule has 6 heteroatoms. The van der Waals surface area contributed by atoms with Gasteiger partial charge in [0.15, 0.2) is 11.5 Å². The van der Waals surface area contributed by atoms with Gasteiger partial charge in [0, 0.05) is 30.6 Å². The van der Waals surface area contributed by atoms with Crippen LogP contribution in [0.2, 0.25) is 0 Å². The van der Waals surface area contributed by atoms with E-state index in [9.17, 15) is 4.79 Å². The van der Waals surface area contributed by atoms with E-state index >= 15 is 0 Å². The van der Waals surface area contributed by atoms with Gasteiger partial charge in [0.2, 0.25) is 5.91 Å². The number of ether oxygens (including phenoxy) is 2. The van der Waals surface area contributed by atoms with Crippen molar-refractivity contribution in [2.75, 3.05) is 26.1 Å². The third-order valence-electron chi connectivity index (χ3n) is 6.39. The number of anilines is 1. The number of aliphatic imine (C=N–C) groups is 1. The molecule has 3 aromatic carbocycles. The van der Waals surface area contributed by atoms with Crippen LogP contribution in [0, 0.1) is 0 Å². The van der Waals surface area contributed by atoms with E-state index in [4.69, 9.17) is 14.5 Å². The molecule has 35 heavy (non-hydrogen) atoms. The van der Waals surface area contributed by atoms with E-state index in [1.807, 2.05) is 37.3 Å². The second-order valence-electron chi connectivity index (χ2n) is 8.63. The van der Waals surface area contributed by atoms with Crippen molar-refractivity contribution in [1.82, 2.24) is 4.90 Å². The quantitative estimate of drug-likeness (QED) is 0.372. The van der Waals surface area contributed by atoms with Crippen molar-refractivity contribution in [3.05, 3.63) is 83.4 Å². The Morgan fingerprint density at radius 2 is 1.54 bits per heavy atom. The average molecular weight is 472 g/mol. The summed E-state index contributed by atoms with van der Waals surface area (Å²) in [6.07, 6.45) is 0.661. The van der Waals surface area contributed by atoms with Gasteiger partial charge >= 0.3 is 0 Å². The smallest absolute Gasteiger partial charge is 0.237 e. The Morgan fingerprint density at radius 1 is 0.914 bits per heavy atom. The molecular weight excluding hydrogens is 438 g/mol. The number of rotatable bonds is 10. The highest BCUT2D eigenvalue weighted by Gasteiger charge is 2.35. The molecule has 1 unspecified atom stereocenters. The average Bonchev–Trinajstić information content (AvgIpc) is 3.21. The molecule has 0 spiro atoms. The molecule has 0 saturated heterocycles. The molecule has 1 aliphatic heterocycles. The third kappa shape index (κ3) is 5.54. The molecule has 4 rings (SSSR count). The molecule has 0 aliphatic carbocycles. The van der Waals surface area contributed by atoms with Crippen molar-refractivity contribution in [2.24, 2.45) is 4.99 Å². The normalized spacial score (nSPS) is 15.2. The van der Waals surface area contributed by atoms with E-state index in [0.29, 0.717) is 17.9 Å². The lowest BCUT2D eigenvalue weighted by Gasteiger charge is -2.20. The minimum atomic E-state index is -0.448. The van der Waals surface area contributed by atoms with E-state index < -0.39 is 5.92 Å². The molecule has 3 aromatic rings. The largest absolute Gasteiger partial charge is 0.493 e. The molecule has 1 N–H and O–H groups in total. The summed E-state index contributed by atoms with van der Waals surface area (Å²) in [5.74, 6) is 0.665. The minimum Gasteiger partial charge on any atom is -0.493 e. The Morgan fingerprint density at radius 3 is 2.14 bits per heavy atom. The van der Waals surface area contributed by atoms with Gasteiger partial charge in [0.1, 0.15) is 5.92 Å². The van der Waals surface area contributed by atoms with E-state index in [1.165, 1.54) is 11.1 Å². The number of amides is 1. The first-order chi connectivity index (χ1) is 17.1. The summed E-state index contributed by atoms with van der Waals surface area (Å²) >= 11 is 0. The van der Waals surface area contributed by atoms with E-state index in [1.54, 1.807) is 14.2 Å². The molecular formula is C29H33N3O3. The topological polar surface area (TPSA) is 63.2 Å². The lowest BCUT2D eigenvalue weighted by Crippen LogP contribution is -2.22. The highest BCUT2D eigenvalue weighted by molar-refractivity contribution is 6.19. The van der Waals surface area contributed by atoms with E-state index in [0.717, 1.165) is 42.3 Å². The molecule has 0 aromatic heterocycles. The van der Waals surface area contributed by atoms with Gasteiger partial charge in [-0.25, -0.2) is 0 Å². The molecule has 0 saturated carbocycles. The highest BCUT2D eigenvalue weighted by Crippen LogP contribution is 2.42. The number of carbonyl (C=O) groups is 1. The number of carbonyl (C=O) groups excluding carboxylic acids is 1. The molecule has 1 heterocycles. The van der Waals surface area contributed by atoms with Crippen molar-refractivity contribution in [3.63, 3.8) is 0 Å². The summed E-state index contributed by atoms with van der Waals surface area (Å²) in [5, 5.41) is 2.97. The monoisotopic (exact) mass is 471 g/mol. The lowest BCUT2D eigenvalue weighted by molar-refractivity contribution is -0.115. The fraction of sp³-hybridized carbons (Fsp3) is 0.310. The van der Waals surface area contributed by atoms with Gasteiger partial charge in [0.05, 0.1) is 19.9 Å². The molecule has 1 atom stereocenters. The molecule has 0 radical (unpaired) electrons. The summed E-state index contributed by atoms with van der Waals surface area (Å²) in [6, 6.07) is 22.5. The first-order valence-electron chi connectivity index (χ1n) is 12.1. The zero-order valence-electron chi connectivity index (χ0n) is 20.9. The Hall–Kier alpha value is -3.64. The van der Waals surface area contributed by atoms with Crippen LogP contribution in [0.15, 0.2) is 71.7 Å². The Labute approximate surface area is 207 Å². The zero-order valence-corrected chi connectivity index (χ0v) is 20.9. The summed E-state index contributed by atoms with van der Waals surface area (Å²) in [6.45, 7) is 6.98. The van der Waals surface area contributed by atoms with Crippen molar-refractivity contribution < 1.29 is 14.3 Å². The van der Waals surface area contributed by atoms with Gasteiger partial charge in [-0.05, 0) is 47.9 Å². The Balaban J connectivity index is 1.53. The molecule has 6 nitrogen and oxygen atoms in total. The van der Waals surface area contributed by atoms with Gasteiger partial charge in [-0.1, -0.05) is 56.3 Å². The summed E-state index contributed by atoms with van der Waals surface area (Å²) in [4.78, 5) is 20.2. The highest BCUT2D eigenvalue weighted by atomic mass is 16.5. The summed E-state index contributed by atoms with van der Waals surface area (Å²) in [7, 11) is 3.18. The Bertz CT molecular complexity index is 1190. The van der Waals surface area contributed by atoms with Crippen LogP contribution in [0.1, 0.15) is 42.9 Å². The van der Waals surface area contributed by atoms with Gasteiger partial charge < -0.3 is 14.8 Å². The van der Waals surface area contributed by atoms with Gasteiger partial charge in [-0.3, -0.25) is 14.7 Å². The number of methoxy groups -OCH3 is 2. The first-order valence-corrected chi connectivity index (χ1v) is 12.1. The van der Waals surface area contributed by atoms with Crippen molar-refractivity contribution >= 4 is 23.0 Å². The van der Waals surface area contributed by atoms with Crippen LogP contribution >= 0.6 is 0 Å². The second-order valence-corrected chi connectivity index (χ2v) is 8.63. The van der Waals surface area contributed by atoms with E-state index in [2.05, 4.69) is 53.5 Å². The van der Waals surface area contributed by atoms with E-state index in [-0.39, 0.29) is 5.91 Å². The van der Waals surface area contributed by atoms with Crippen molar-refractivity contribution in [2.45, 2.75) is 39.3 Å². The standard InChI is InChI=1S/C29H33N3O3/c1-5-24(28-23-16-26(34-3)27(35-4)17-25(23)31-29(28)33)30-22-14-12-21(13-15-22)19-32(6-2)18-20-10-8-7-9-11-20/h7-17,28H,5-6,18-19H2,1-4H3,(H,31,33).